The first-order valence-electron chi connectivity index (χ1n) is 6.31. The fraction of sp³-hybridized carbons (Fsp3) is 0.667. The van der Waals surface area contributed by atoms with Crippen LogP contribution in [0.3, 0.4) is 0 Å². The summed E-state index contributed by atoms with van der Waals surface area (Å²) in [5.74, 6) is -5.97. The molecule has 0 atom stereocenters. The molecule has 0 aliphatic heterocycles. The van der Waals surface area contributed by atoms with Crippen LogP contribution >= 0.6 is 0 Å². The topological polar surface area (TPSA) is 188 Å². The third-order valence-corrected chi connectivity index (χ3v) is 2.09. The van der Waals surface area contributed by atoms with E-state index in [0.717, 1.165) is 0 Å². The standard InChI is InChI=1S/C6H8O7.C6H12O4/c7-3(8)1-6(13,5(11)12)2-4(9)10;1-2-9-3-4-10-5-6(7)8/h13H,1-2H2,(H,7,8)(H,9,10)(H,11,12);2-5H2,1H3,(H,7,8). The summed E-state index contributed by atoms with van der Waals surface area (Å²) in [7, 11) is 0. The maximum Gasteiger partial charge on any atom is 0.336 e. The van der Waals surface area contributed by atoms with E-state index in [1.165, 1.54) is 0 Å². The number of aliphatic hydroxyl groups is 1. The van der Waals surface area contributed by atoms with Gasteiger partial charge in [0.05, 0.1) is 26.1 Å². The minimum absolute atomic E-state index is 0.243. The van der Waals surface area contributed by atoms with Crippen LogP contribution in [0.1, 0.15) is 19.8 Å². The van der Waals surface area contributed by atoms with Gasteiger partial charge >= 0.3 is 23.9 Å². The predicted molar refractivity (Wildman–Crippen MR) is 72.0 cm³/mol. The Morgan fingerprint density at radius 2 is 1.26 bits per heavy atom. The average Bonchev–Trinajstić information content (AvgIpc) is 2.36. The van der Waals surface area contributed by atoms with Gasteiger partial charge in [-0.05, 0) is 6.92 Å². The Hall–Kier alpha value is -2.24. The van der Waals surface area contributed by atoms with Crippen LogP contribution in [0, 0.1) is 0 Å². The maximum atomic E-state index is 10.3. The second kappa shape index (κ2) is 12.3. The highest BCUT2D eigenvalue weighted by molar-refractivity contribution is 5.88. The molecule has 0 rings (SSSR count). The molecule has 5 N–H and O–H groups in total. The molecule has 23 heavy (non-hydrogen) atoms. The molecule has 0 aliphatic rings. The summed E-state index contributed by atoms with van der Waals surface area (Å²) in [4.78, 5) is 40.4. The summed E-state index contributed by atoms with van der Waals surface area (Å²) >= 11 is 0. The minimum Gasteiger partial charge on any atom is -0.481 e. The van der Waals surface area contributed by atoms with Crippen molar-refractivity contribution in [2.24, 2.45) is 0 Å². The highest BCUT2D eigenvalue weighted by Crippen LogP contribution is 2.15. The van der Waals surface area contributed by atoms with Crippen molar-refractivity contribution in [2.45, 2.75) is 25.4 Å². The van der Waals surface area contributed by atoms with Crippen LogP contribution in [0.15, 0.2) is 0 Å². The zero-order valence-electron chi connectivity index (χ0n) is 12.4. The van der Waals surface area contributed by atoms with Gasteiger partial charge < -0.3 is 35.0 Å². The molecule has 0 saturated heterocycles. The second-order valence-corrected chi connectivity index (χ2v) is 4.12. The van der Waals surface area contributed by atoms with Crippen molar-refractivity contribution in [1.82, 2.24) is 0 Å². The Morgan fingerprint density at radius 1 is 0.826 bits per heavy atom. The van der Waals surface area contributed by atoms with E-state index >= 15 is 0 Å². The smallest absolute Gasteiger partial charge is 0.336 e. The van der Waals surface area contributed by atoms with Crippen LogP contribution in [-0.4, -0.2) is 81.4 Å². The van der Waals surface area contributed by atoms with Gasteiger partial charge in [0, 0.05) is 6.61 Å². The predicted octanol–water partition coefficient (Wildman–Crippen LogP) is -1.12. The lowest BCUT2D eigenvalue weighted by atomic mass is 9.96. The fourth-order valence-electron chi connectivity index (χ4n) is 1.14. The SMILES string of the molecule is CCOCCOCC(=O)O.O=C(O)CC(O)(CC(=O)O)C(=O)O. The molecule has 0 heterocycles. The molecule has 0 bridgehead atoms. The first-order valence-corrected chi connectivity index (χ1v) is 6.31. The number of hydrogen-bond donors (Lipinski definition) is 5. The van der Waals surface area contributed by atoms with Crippen LogP contribution in [0.2, 0.25) is 0 Å². The van der Waals surface area contributed by atoms with Crippen LogP contribution in [0.25, 0.3) is 0 Å². The molecule has 0 aromatic rings. The van der Waals surface area contributed by atoms with Crippen LogP contribution in [-0.2, 0) is 28.7 Å². The number of carboxylic acid groups (broad SMARTS) is 4. The molecule has 0 amide bonds. The van der Waals surface area contributed by atoms with Gasteiger partial charge in [-0.2, -0.15) is 0 Å². The zero-order valence-corrected chi connectivity index (χ0v) is 12.4. The van der Waals surface area contributed by atoms with Gasteiger partial charge in [-0.1, -0.05) is 0 Å². The monoisotopic (exact) mass is 340 g/mol. The van der Waals surface area contributed by atoms with E-state index in [-0.39, 0.29) is 6.61 Å². The van der Waals surface area contributed by atoms with Gasteiger partial charge in [0.1, 0.15) is 6.61 Å². The largest absolute Gasteiger partial charge is 0.481 e. The van der Waals surface area contributed by atoms with Crippen LogP contribution in [0.4, 0.5) is 0 Å². The summed E-state index contributed by atoms with van der Waals surface area (Å²) in [5, 5.41) is 41.9. The molecule has 0 unspecified atom stereocenters. The molecule has 0 spiro atoms. The van der Waals surface area contributed by atoms with Crippen molar-refractivity contribution in [2.75, 3.05) is 26.4 Å². The minimum atomic E-state index is -2.74. The lowest BCUT2D eigenvalue weighted by Gasteiger charge is -2.18. The summed E-state index contributed by atoms with van der Waals surface area (Å²) < 4.78 is 9.57. The van der Waals surface area contributed by atoms with Crippen LogP contribution in [0.5, 0.6) is 0 Å². The summed E-state index contributed by atoms with van der Waals surface area (Å²) in [6.07, 6.45) is -2.29. The van der Waals surface area contributed by atoms with Gasteiger partial charge in [0.25, 0.3) is 0 Å². The normalized spacial score (nSPS) is 10.3. The molecule has 11 heteroatoms. The molecule has 0 fully saturated rings. The molecule has 0 aliphatic carbocycles. The Balaban J connectivity index is 0. The van der Waals surface area contributed by atoms with Gasteiger partial charge in [-0.3, -0.25) is 9.59 Å². The molecular formula is C12H20O11. The van der Waals surface area contributed by atoms with Crippen molar-refractivity contribution in [3.8, 4) is 0 Å². The first-order chi connectivity index (χ1) is 10.5. The van der Waals surface area contributed by atoms with Crippen molar-refractivity contribution in [3.05, 3.63) is 0 Å². The van der Waals surface area contributed by atoms with Gasteiger partial charge in [0.2, 0.25) is 0 Å². The van der Waals surface area contributed by atoms with Gasteiger partial charge in [0.15, 0.2) is 5.60 Å². The Morgan fingerprint density at radius 3 is 1.57 bits per heavy atom. The number of rotatable bonds is 11. The van der Waals surface area contributed by atoms with E-state index < -0.39 is 42.3 Å². The third kappa shape index (κ3) is 14.5. The number of aliphatic carboxylic acids is 4. The molecule has 0 aromatic heterocycles. The lowest BCUT2D eigenvalue weighted by Crippen LogP contribution is -2.42. The van der Waals surface area contributed by atoms with E-state index in [4.69, 9.17) is 30.3 Å². The van der Waals surface area contributed by atoms with Crippen molar-refractivity contribution in [1.29, 1.82) is 0 Å². The maximum absolute atomic E-state index is 10.3. The number of carbonyl (C=O) groups is 4. The van der Waals surface area contributed by atoms with E-state index in [0.29, 0.717) is 19.8 Å². The highest BCUT2D eigenvalue weighted by Gasteiger charge is 2.40. The van der Waals surface area contributed by atoms with E-state index in [2.05, 4.69) is 4.74 Å². The zero-order chi connectivity index (χ0) is 18.5. The molecule has 134 valence electrons. The van der Waals surface area contributed by atoms with Crippen molar-refractivity contribution >= 4 is 23.9 Å². The lowest BCUT2D eigenvalue weighted by molar-refractivity contribution is -0.170. The Bertz CT molecular complexity index is 388. The van der Waals surface area contributed by atoms with E-state index in [1.807, 2.05) is 6.92 Å². The van der Waals surface area contributed by atoms with E-state index in [9.17, 15) is 19.2 Å². The first kappa shape index (κ1) is 23.0. The number of ether oxygens (including phenoxy) is 2. The van der Waals surface area contributed by atoms with Crippen molar-refractivity contribution in [3.63, 3.8) is 0 Å². The highest BCUT2D eigenvalue weighted by atomic mass is 16.5. The quantitative estimate of drug-likeness (QED) is 0.286. The summed E-state index contributed by atoms with van der Waals surface area (Å²) in [6, 6.07) is 0. The number of carboxylic acids is 4. The molecule has 0 saturated carbocycles. The fourth-order valence-corrected chi connectivity index (χ4v) is 1.14. The molecule has 11 nitrogen and oxygen atoms in total. The molecular weight excluding hydrogens is 320 g/mol. The van der Waals surface area contributed by atoms with Crippen LogP contribution < -0.4 is 0 Å². The van der Waals surface area contributed by atoms with Crippen molar-refractivity contribution < 1.29 is 54.2 Å². The summed E-state index contributed by atoms with van der Waals surface area (Å²) in [5.41, 5.74) is -2.74. The second-order valence-electron chi connectivity index (χ2n) is 4.12. The van der Waals surface area contributed by atoms with Gasteiger partial charge in [-0.25, -0.2) is 9.59 Å². The Labute approximate surface area is 131 Å². The van der Waals surface area contributed by atoms with Gasteiger partial charge in [-0.15, -0.1) is 0 Å². The third-order valence-electron chi connectivity index (χ3n) is 2.09. The Kier molecular flexibility index (Phi) is 12.3. The molecule has 0 radical (unpaired) electrons. The summed E-state index contributed by atoms with van der Waals surface area (Å²) in [6.45, 7) is 3.07. The average molecular weight is 340 g/mol. The molecule has 0 aromatic carbocycles. The number of hydrogen-bond acceptors (Lipinski definition) is 7. The van der Waals surface area contributed by atoms with E-state index in [1.54, 1.807) is 0 Å².